The average molecular weight is 575 g/mol. The van der Waals surface area contributed by atoms with Crippen LogP contribution in [0.15, 0.2) is 0 Å². The molecule has 0 aromatic rings. The van der Waals surface area contributed by atoms with Crippen LogP contribution in [0.3, 0.4) is 0 Å². The summed E-state index contributed by atoms with van der Waals surface area (Å²) in [6, 6.07) is -1.06. The summed E-state index contributed by atoms with van der Waals surface area (Å²) in [5.41, 5.74) is 12.0. The highest BCUT2D eigenvalue weighted by atomic mass is 33.1. The Bertz CT molecular complexity index is 494. The molecule has 6 N–H and O–H groups in total. The smallest absolute Gasteiger partial charge is 0.237 e. The van der Waals surface area contributed by atoms with Crippen LogP contribution in [-0.4, -0.2) is 48.5 Å². The largest absolute Gasteiger partial charge is 0.355 e. The summed E-state index contributed by atoms with van der Waals surface area (Å²) in [4.78, 5) is 24.4. The summed E-state index contributed by atoms with van der Waals surface area (Å²) >= 11 is 0. The highest BCUT2D eigenvalue weighted by molar-refractivity contribution is 8.76. The Kier molecular flexibility index (Phi) is 29.2. The van der Waals surface area contributed by atoms with E-state index < -0.39 is 12.1 Å². The molecule has 0 aromatic carbocycles. The van der Waals surface area contributed by atoms with Crippen LogP contribution in [0.1, 0.15) is 142 Å². The van der Waals surface area contributed by atoms with Gasteiger partial charge >= 0.3 is 0 Å². The molecule has 0 aliphatic heterocycles. The summed E-state index contributed by atoms with van der Waals surface area (Å²) in [5.74, 6) is 0.850. The van der Waals surface area contributed by atoms with E-state index in [0.717, 1.165) is 25.7 Å². The molecule has 0 saturated heterocycles. The standard InChI is InChI=1S/C30H62N4O2S2/c1-3-5-7-9-11-13-15-17-19-21-23-33-29(35)27(31)25-37-38-26-28(32)30(36)34-24-22-20-18-16-14-12-10-8-6-4-2/h27-28H,3-26,31-32H2,1-2H3,(H,33,35)(H,34,36)/t27-,28-/m0/s1. The Balaban J connectivity index is 3.54. The first-order chi connectivity index (χ1) is 18.5. The summed E-state index contributed by atoms with van der Waals surface area (Å²) in [6.45, 7) is 5.90. The second kappa shape index (κ2) is 29.5. The van der Waals surface area contributed by atoms with Crippen molar-refractivity contribution < 1.29 is 9.59 Å². The Morgan fingerprint density at radius 1 is 0.500 bits per heavy atom. The molecule has 0 fully saturated rings. The maximum atomic E-state index is 12.2. The number of amides is 2. The molecule has 0 saturated carbocycles. The van der Waals surface area contributed by atoms with Crippen molar-refractivity contribution in [2.45, 2.75) is 154 Å². The maximum absolute atomic E-state index is 12.2. The van der Waals surface area contributed by atoms with Gasteiger partial charge in [0.1, 0.15) is 0 Å². The summed E-state index contributed by atoms with van der Waals surface area (Å²) < 4.78 is 0. The van der Waals surface area contributed by atoms with Crippen molar-refractivity contribution in [2.24, 2.45) is 11.5 Å². The third-order valence-electron chi connectivity index (χ3n) is 6.91. The van der Waals surface area contributed by atoms with Gasteiger partial charge in [0.15, 0.2) is 0 Å². The minimum atomic E-state index is -0.531. The lowest BCUT2D eigenvalue weighted by atomic mass is 10.1. The molecular weight excluding hydrogens is 512 g/mol. The van der Waals surface area contributed by atoms with E-state index in [1.165, 1.54) is 124 Å². The van der Waals surface area contributed by atoms with Crippen LogP contribution < -0.4 is 22.1 Å². The van der Waals surface area contributed by atoms with Crippen molar-refractivity contribution >= 4 is 33.4 Å². The number of carbonyl (C=O) groups excluding carboxylic acids is 2. The summed E-state index contributed by atoms with van der Waals surface area (Å²) in [6.07, 6.45) is 25.7. The molecule has 0 unspecified atom stereocenters. The van der Waals surface area contributed by atoms with Gasteiger partial charge in [0, 0.05) is 24.6 Å². The predicted octanol–water partition coefficient (Wildman–Crippen LogP) is 7.10. The molecule has 0 aliphatic rings. The second-order valence-corrected chi connectivity index (χ2v) is 13.3. The first kappa shape index (κ1) is 37.6. The van der Waals surface area contributed by atoms with Gasteiger partial charge in [-0.1, -0.05) is 151 Å². The highest BCUT2D eigenvalue weighted by Crippen LogP contribution is 2.22. The van der Waals surface area contributed by atoms with Gasteiger partial charge in [0.25, 0.3) is 0 Å². The molecule has 2 atom stereocenters. The van der Waals surface area contributed by atoms with Crippen molar-refractivity contribution in [3.05, 3.63) is 0 Å². The molecule has 0 heterocycles. The van der Waals surface area contributed by atoms with E-state index in [-0.39, 0.29) is 11.8 Å². The van der Waals surface area contributed by atoms with Crippen LogP contribution in [0, 0.1) is 0 Å². The second-order valence-electron chi connectivity index (χ2n) is 10.7. The number of nitrogens with two attached hydrogens (primary N) is 2. The van der Waals surface area contributed by atoms with Gasteiger partial charge < -0.3 is 22.1 Å². The average Bonchev–Trinajstić information content (AvgIpc) is 2.92. The molecular formula is C30H62N4O2S2. The topological polar surface area (TPSA) is 110 Å². The summed E-state index contributed by atoms with van der Waals surface area (Å²) in [7, 11) is 3.02. The fraction of sp³-hybridized carbons (Fsp3) is 0.933. The molecule has 8 heteroatoms. The number of rotatable bonds is 29. The van der Waals surface area contributed by atoms with Crippen LogP contribution >= 0.6 is 21.6 Å². The molecule has 0 radical (unpaired) electrons. The number of carbonyl (C=O) groups is 2. The lowest BCUT2D eigenvalue weighted by Gasteiger charge is -2.14. The molecule has 0 aliphatic carbocycles. The number of nitrogens with one attached hydrogen (secondary N) is 2. The molecule has 0 aromatic heterocycles. The lowest BCUT2D eigenvalue weighted by Crippen LogP contribution is -2.43. The van der Waals surface area contributed by atoms with Gasteiger partial charge in [-0.05, 0) is 12.8 Å². The molecule has 0 bridgehead atoms. The van der Waals surface area contributed by atoms with Crippen LogP contribution in [0.5, 0.6) is 0 Å². The quantitative estimate of drug-likeness (QED) is 0.0560. The zero-order valence-corrected chi connectivity index (χ0v) is 26.5. The van der Waals surface area contributed by atoms with Gasteiger partial charge in [-0.2, -0.15) is 0 Å². The predicted molar refractivity (Wildman–Crippen MR) is 171 cm³/mol. The highest BCUT2D eigenvalue weighted by Gasteiger charge is 2.16. The normalized spacial score (nSPS) is 12.8. The van der Waals surface area contributed by atoms with Crippen molar-refractivity contribution in [2.75, 3.05) is 24.6 Å². The number of unbranched alkanes of at least 4 members (excludes halogenated alkanes) is 18. The number of hydrogen-bond acceptors (Lipinski definition) is 6. The zero-order chi connectivity index (χ0) is 28.1. The van der Waals surface area contributed by atoms with Crippen molar-refractivity contribution in [1.29, 1.82) is 0 Å². The van der Waals surface area contributed by atoms with Crippen molar-refractivity contribution in [1.82, 2.24) is 10.6 Å². The zero-order valence-electron chi connectivity index (χ0n) is 24.9. The minimum Gasteiger partial charge on any atom is -0.355 e. The molecule has 0 rings (SSSR count). The third kappa shape index (κ3) is 25.8. The van der Waals surface area contributed by atoms with E-state index in [1.54, 1.807) is 0 Å². The van der Waals surface area contributed by atoms with Crippen LogP contribution in [-0.2, 0) is 9.59 Å². The SMILES string of the molecule is CCCCCCCCCCCCNC(=O)[C@@H](N)CSSC[C@H](N)C(=O)NCCCCCCCCCCCC. The van der Waals surface area contributed by atoms with E-state index in [0.29, 0.717) is 24.6 Å². The maximum Gasteiger partial charge on any atom is 0.237 e. The monoisotopic (exact) mass is 574 g/mol. The Morgan fingerprint density at radius 2 is 0.763 bits per heavy atom. The fourth-order valence-electron chi connectivity index (χ4n) is 4.30. The van der Waals surface area contributed by atoms with Gasteiger partial charge in [0.2, 0.25) is 11.8 Å². The van der Waals surface area contributed by atoms with Crippen LogP contribution in [0.2, 0.25) is 0 Å². The fourth-order valence-corrected chi connectivity index (χ4v) is 6.55. The Morgan fingerprint density at radius 3 is 1.05 bits per heavy atom. The van der Waals surface area contributed by atoms with Crippen molar-refractivity contribution in [3.8, 4) is 0 Å². The van der Waals surface area contributed by atoms with E-state index in [4.69, 9.17) is 11.5 Å². The molecule has 6 nitrogen and oxygen atoms in total. The lowest BCUT2D eigenvalue weighted by molar-refractivity contribution is -0.122. The van der Waals surface area contributed by atoms with E-state index >= 15 is 0 Å². The first-order valence-corrected chi connectivity index (χ1v) is 18.3. The number of hydrogen-bond donors (Lipinski definition) is 4. The third-order valence-corrected chi connectivity index (χ3v) is 9.38. The van der Waals surface area contributed by atoms with Gasteiger partial charge in [-0.25, -0.2) is 0 Å². The molecule has 2 amide bonds. The van der Waals surface area contributed by atoms with Gasteiger partial charge in [0.05, 0.1) is 12.1 Å². The minimum absolute atomic E-state index is 0.0902. The summed E-state index contributed by atoms with van der Waals surface area (Å²) in [5, 5.41) is 5.91. The van der Waals surface area contributed by atoms with Gasteiger partial charge in [-0.15, -0.1) is 0 Å². The van der Waals surface area contributed by atoms with Crippen LogP contribution in [0.25, 0.3) is 0 Å². The molecule has 226 valence electrons. The van der Waals surface area contributed by atoms with Gasteiger partial charge in [-0.3, -0.25) is 9.59 Å². The van der Waals surface area contributed by atoms with E-state index in [1.807, 2.05) is 0 Å². The Labute approximate surface area is 243 Å². The molecule has 0 spiro atoms. The molecule has 38 heavy (non-hydrogen) atoms. The Hall–Kier alpha value is -0.440. The van der Waals surface area contributed by atoms with Crippen LogP contribution in [0.4, 0.5) is 0 Å². The van der Waals surface area contributed by atoms with E-state index in [9.17, 15) is 9.59 Å². The van der Waals surface area contributed by atoms with E-state index in [2.05, 4.69) is 24.5 Å². The first-order valence-electron chi connectivity index (χ1n) is 15.8. The van der Waals surface area contributed by atoms with Crippen molar-refractivity contribution in [3.63, 3.8) is 0 Å².